The molecule has 0 aromatic heterocycles. The fourth-order valence-corrected chi connectivity index (χ4v) is 2.01. The van der Waals surface area contributed by atoms with Crippen LogP contribution in [-0.2, 0) is 23.5 Å². The zero-order valence-electron chi connectivity index (χ0n) is 13.2. The third-order valence-corrected chi connectivity index (χ3v) is 3.49. The summed E-state index contributed by atoms with van der Waals surface area (Å²) >= 11 is 3.74. The summed E-state index contributed by atoms with van der Waals surface area (Å²) < 4.78 is 14.7. The normalized spacial score (nSPS) is 11.0. The monoisotopic (exact) mass is 385 g/mol. The smallest absolute Gasteiger partial charge is 0.355 e. The molecular formula is C12H24N3O7PS. The fraction of sp³-hybridized carbons (Fsp3) is 0.750. The van der Waals surface area contributed by atoms with Crippen molar-refractivity contribution < 1.29 is 33.3 Å². The minimum atomic E-state index is -4.39. The van der Waals surface area contributed by atoms with Gasteiger partial charge in [0.05, 0.1) is 25.4 Å². The molecule has 3 amide bonds. The summed E-state index contributed by atoms with van der Waals surface area (Å²) in [5.74, 6) is -1.19. The lowest BCUT2D eigenvalue weighted by Crippen LogP contribution is -2.42. The van der Waals surface area contributed by atoms with Crippen LogP contribution in [0.3, 0.4) is 0 Å². The first-order chi connectivity index (χ1) is 11.2. The van der Waals surface area contributed by atoms with Crippen LogP contribution in [0, 0.1) is 0 Å². The van der Waals surface area contributed by atoms with Crippen molar-refractivity contribution >= 4 is 38.2 Å². The molecule has 0 atom stereocenters. The Hall–Kier alpha value is -1.13. The van der Waals surface area contributed by atoms with Gasteiger partial charge in [0.25, 0.3) is 0 Å². The van der Waals surface area contributed by atoms with Gasteiger partial charge in [0.1, 0.15) is 0 Å². The van der Waals surface area contributed by atoms with E-state index < -0.39 is 13.7 Å². The lowest BCUT2D eigenvalue weighted by Gasteiger charge is -2.08. The topological polar surface area (TPSA) is 154 Å². The van der Waals surface area contributed by atoms with Crippen molar-refractivity contribution in [2.45, 2.75) is 25.7 Å². The van der Waals surface area contributed by atoms with Crippen molar-refractivity contribution in [3.05, 3.63) is 0 Å². The Bertz CT molecular complexity index is 458. The Morgan fingerprint density at radius 3 is 2.00 bits per heavy atom. The molecule has 0 radical (unpaired) electrons. The molecule has 0 bridgehead atoms. The van der Waals surface area contributed by atoms with Crippen LogP contribution >= 0.6 is 20.5 Å². The van der Waals surface area contributed by atoms with Crippen LogP contribution in [0.15, 0.2) is 0 Å². The third-order valence-electron chi connectivity index (χ3n) is 2.69. The van der Waals surface area contributed by atoms with Crippen LogP contribution < -0.4 is 16.0 Å². The Morgan fingerprint density at radius 1 is 0.875 bits per heavy atom. The molecule has 5 N–H and O–H groups in total. The molecule has 0 aromatic rings. The van der Waals surface area contributed by atoms with Gasteiger partial charge in [0.2, 0.25) is 17.7 Å². The number of phosphoric acid groups is 1. The molecule has 0 spiro atoms. The van der Waals surface area contributed by atoms with Crippen molar-refractivity contribution in [2.24, 2.45) is 0 Å². The summed E-state index contributed by atoms with van der Waals surface area (Å²) in [7, 11) is -4.39. The highest BCUT2D eigenvalue weighted by atomic mass is 32.1. The van der Waals surface area contributed by atoms with Crippen molar-refractivity contribution in [1.82, 2.24) is 16.0 Å². The van der Waals surface area contributed by atoms with Crippen molar-refractivity contribution in [3.8, 4) is 0 Å². The van der Waals surface area contributed by atoms with E-state index >= 15 is 0 Å². The van der Waals surface area contributed by atoms with E-state index in [0.29, 0.717) is 19.4 Å². The average molecular weight is 385 g/mol. The fourth-order valence-electron chi connectivity index (χ4n) is 1.53. The zero-order chi connectivity index (χ0) is 18.4. The van der Waals surface area contributed by atoms with Gasteiger partial charge in [-0.25, -0.2) is 4.57 Å². The van der Waals surface area contributed by atoms with Crippen molar-refractivity contribution in [2.75, 3.05) is 32.0 Å². The third kappa shape index (κ3) is 15.8. The van der Waals surface area contributed by atoms with Gasteiger partial charge in [-0.2, -0.15) is 12.6 Å². The van der Waals surface area contributed by atoms with Crippen LogP contribution in [0.2, 0.25) is 0 Å². The Morgan fingerprint density at radius 2 is 1.42 bits per heavy atom. The molecule has 24 heavy (non-hydrogen) atoms. The molecule has 0 saturated carbocycles. The highest BCUT2D eigenvalue weighted by Gasteiger charge is 2.12. The van der Waals surface area contributed by atoms with E-state index in [1.165, 1.54) is 0 Å². The van der Waals surface area contributed by atoms with Gasteiger partial charge in [-0.3, -0.25) is 18.9 Å². The lowest BCUT2D eigenvalue weighted by atomic mass is 10.2. The number of phosphoric ester groups is 1. The molecule has 0 aromatic carbocycles. The van der Waals surface area contributed by atoms with Crippen LogP contribution in [0.4, 0.5) is 0 Å². The lowest BCUT2D eigenvalue weighted by molar-refractivity contribution is -0.127. The molecule has 0 saturated heterocycles. The minimum absolute atomic E-state index is 0.00751. The standard InChI is InChI=1S/C12H24N3O7PS/c16-10(7-14-11(17)8-15-12(18)9-24)13-5-3-1-2-4-6-22-23(19,20)21/h24H,1-9H2,(H,13,16)(H,14,17)(H,15,18)(H2,19,20,21). The van der Waals surface area contributed by atoms with E-state index in [2.05, 4.69) is 33.1 Å². The molecule has 140 valence electrons. The Labute approximate surface area is 145 Å². The molecule has 12 heteroatoms. The van der Waals surface area contributed by atoms with Gasteiger partial charge in [-0.15, -0.1) is 0 Å². The number of thiol groups is 1. The maximum Gasteiger partial charge on any atom is 0.469 e. The van der Waals surface area contributed by atoms with E-state index in [0.717, 1.165) is 12.8 Å². The molecule has 0 rings (SSSR count). The molecule has 0 aliphatic carbocycles. The van der Waals surface area contributed by atoms with E-state index in [4.69, 9.17) is 9.79 Å². The summed E-state index contributed by atoms with van der Waals surface area (Å²) in [5.41, 5.74) is 0. The van der Waals surface area contributed by atoms with E-state index in [9.17, 15) is 18.9 Å². The van der Waals surface area contributed by atoms with Crippen LogP contribution in [0.25, 0.3) is 0 Å². The summed E-state index contributed by atoms with van der Waals surface area (Å²) in [6.07, 6.45) is 2.71. The van der Waals surface area contributed by atoms with Gasteiger partial charge in [-0.1, -0.05) is 12.8 Å². The summed E-state index contributed by atoms with van der Waals surface area (Å²) in [4.78, 5) is 50.6. The second kappa shape index (κ2) is 13.2. The predicted molar refractivity (Wildman–Crippen MR) is 89.3 cm³/mol. The van der Waals surface area contributed by atoms with E-state index in [1.807, 2.05) is 0 Å². The largest absolute Gasteiger partial charge is 0.469 e. The first-order valence-corrected chi connectivity index (χ1v) is 9.52. The molecule has 0 aliphatic rings. The molecule has 0 aliphatic heterocycles. The molecular weight excluding hydrogens is 361 g/mol. The number of unbranched alkanes of at least 4 members (excludes halogenated alkanes) is 3. The number of carbonyl (C=O) groups excluding carboxylic acids is 3. The number of rotatable bonds is 13. The number of nitrogens with one attached hydrogen (secondary N) is 3. The average Bonchev–Trinajstić information content (AvgIpc) is 2.51. The maximum atomic E-state index is 11.5. The number of amides is 3. The van der Waals surface area contributed by atoms with Crippen LogP contribution in [-0.4, -0.2) is 59.5 Å². The first-order valence-electron chi connectivity index (χ1n) is 7.35. The van der Waals surface area contributed by atoms with Gasteiger partial charge >= 0.3 is 7.82 Å². The van der Waals surface area contributed by atoms with E-state index in [1.54, 1.807) is 0 Å². The quantitative estimate of drug-likeness (QED) is 0.134. The Balaban J connectivity index is 3.48. The Kier molecular flexibility index (Phi) is 12.6. The molecule has 0 heterocycles. The van der Waals surface area contributed by atoms with Gasteiger partial charge in [0.15, 0.2) is 0 Å². The highest BCUT2D eigenvalue weighted by molar-refractivity contribution is 7.81. The number of hydrogen-bond donors (Lipinski definition) is 6. The predicted octanol–water partition coefficient (Wildman–Crippen LogP) is -1.07. The summed E-state index contributed by atoms with van der Waals surface area (Å²) in [5, 5.41) is 7.31. The SMILES string of the molecule is O=C(CS)NCC(=O)NCC(=O)NCCCCCCOP(=O)(O)O. The molecule has 10 nitrogen and oxygen atoms in total. The first kappa shape index (κ1) is 22.9. The number of hydrogen-bond acceptors (Lipinski definition) is 6. The minimum Gasteiger partial charge on any atom is -0.355 e. The second-order valence-electron chi connectivity index (χ2n) is 4.80. The maximum absolute atomic E-state index is 11.5. The van der Waals surface area contributed by atoms with Gasteiger partial charge < -0.3 is 25.7 Å². The summed E-state index contributed by atoms with van der Waals surface area (Å²) in [6.45, 7) is 0.0475. The second-order valence-corrected chi connectivity index (χ2v) is 6.36. The van der Waals surface area contributed by atoms with Crippen LogP contribution in [0.1, 0.15) is 25.7 Å². The summed E-state index contributed by atoms with van der Waals surface area (Å²) in [6, 6.07) is 0. The van der Waals surface area contributed by atoms with Gasteiger partial charge in [-0.05, 0) is 12.8 Å². The van der Waals surface area contributed by atoms with Crippen molar-refractivity contribution in [3.63, 3.8) is 0 Å². The molecule has 0 unspecified atom stereocenters. The highest BCUT2D eigenvalue weighted by Crippen LogP contribution is 2.35. The van der Waals surface area contributed by atoms with Crippen molar-refractivity contribution in [1.29, 1.82) is 0 Å². The molecule has 0 fully saturated rings. The van der Waals surface area contributed by atoms with Crippen LogP contribution in [0.5, 0.6) is 0 Å². The number of carbonyl (C=O) groups is 3. The van der Waals surface area contributed by atoms with E-state index in [-0.39, 0.29) is 37.3 Å². The van der Waals surface area contributed by atoms with Gasteiger partial charge in [0, 0.05) is 6.54 Å². The zero-order valence-corrected chi connectivity index (χ0v) is 15.0.